The maximum absolute atomic E-state index is 9.01. The van der Waals surface area contributed by atoms with E-state index in [1.165, 1.54) is 4.90 Å². The summed E-state index contributed by atoms with van der Waals surface area (Å²) in [6, 6.07) is 10.0. The molecule has 0 radical (unpaired) electrons. The van der Waals surface area contributed by atoms with Crippen molar-refractivity contribution in [3.8, 4) is 6.07 Å². The zero-order chi connectivity index (χ0) is 10.7. The van der Waals surface area contributed by atoms with Gasteiger partial charge in [0.25, 0.3) is 0 Å². The molecule has 1 heterocycles. The number of hydrogen-bond acceptors (Lipinski definition) is 2. The molecule has 1 N–H and O–H groups in total. The third kappa shape index (κ3) is 2.11. The van der Waals surface area contributed by atoms with Crippen molar-refractivity contribution in [2.24, 2.45) is 0 Å². The first kappa shape index (κ1) is 10.0. The SMILES string of the molecule is [CH2-][NH+]1CCN(c2ccccc2C#N)CC1. The molecule has 1 aliphatic rings. The van der Waals surface area contributed by atoms with Crippen molar-refractivity contribution in [3.63, 3.8) is 0 Å². The molecule has 0 bridgehead atoms. The number of piperazine rings is 1. The predicted octanol–water partition coefficient (Wildman–Crippen LogP) is 0.0548. The van der Waals surface area contributed by atoms with Gasteiger partial charge in [0.15, 0.2) is 0 Å². The van der Waals surface area contributed by atoms with E-state index in [1.54, 1.807) is 0 Å². The van der Waals surface area contributed by atoms with Crippen LogP contribution in [0.15, 0.2) is 24.3 Å². The lowest BCUT2D eigenvalue weighted by Crippen LogP contribution is -3.10. The smallest absolute Gasteiger partial charge is 0.101 e. The van der Waals surface area contributed by atoms with Crippen molar-refractivity contribution < 1.29 is 4.90 Å². The van der Waals surface area contributed by atoms with Crippen molar-refractivity contribution >= 4 is 5.69 Å². The van der Waals surface area contributed by atoms with Gasteiger partial charge in [-0.3, -0.25) is 0 Å². The van der Waals surface area contributed by atoms with Crippen LogP contribution in [0.3, 0.4) is 0 Å². The summed E-state index contributed by atoms with van der Waals surface area (Å²) in [4.78, 5) is 3.59. The summed E-state index contributed by atoms with van der Waals surface area (Å²) in [6.45, 7) is 4.05. The summed E-state index contributed by atoms with van der Waals surface area (Å²) in [6.07, 6.45) is 0. The minimum absolute atomic E-state index is 0.769. The van der Waals surface area contributed by atoms with Crippen LogP contribution in [0.5, 0.6) is 0 Å². The van der Waals surface area contributed by atoms with Gasteiger partial charge in [0.2, 0.25) is 0 Å². The number of anilines is 1. The molecule has 0 amide bonds. The second kappa shape index (κ2) is 4.33. The van der Waals surface area contributed by atoms with Crippen molar-refractivity contribution in [3.05, 3.63) is 36.9 Å². The van der Waals surface area contributed by atoms with Gasteiger partial charge in [-0.15, -0.1) is 0 Å². The Morgan fingerprint density at radius 3 is 2.60 bits per heavy atom. The predicted molar refractivity (Wildman–Crippen MR) is 59.4 cm³/mol. The molecule has 0 aliphatic carbocycles. The maximum atomic E-state index is 9.01. The Bertz CT molecular complexity index is 373. The Kier molecular flexibility index (Phi) is 2.89. The van der Waals surface area contributed by atoms with Gasteiger partial charge in [0.05, 0.1) is 37.4 Å². The lowest BCUT2D eigenvalue weighted by Gasteiger charge is -2.35. The van der Waals surface area contributed by atoms with E-state index in [-0.39, 0.29) is 0 Å². The number of quaternary nitrogens is 1. The van der Waals surface area contributed by atoms with Gasteiger partial charge in [0.1, 0.15) is 6.07 Å². The lowest BCUT2D eigenvalue weighted by atomic mass is 10.1. The van der Waals surface area contributed by atoms with E-state index in [0.717, 1.165) is 37.4 Å². The third-order valence-electron chi connectivity index (χ3n) is 2.84. The molecule has 1 saturated heterocycles. The summed E-state index contributed by atoms with van der Waals surface area (Å²) < 4.78 is 0. The Balaban J connectivity index is 2.19. The largest absolute Gasteiger partial charge is 0.465 e. The molecule has 0 saturated carbocycles. The number of nitrogens with zero attached hydrogens (tertiary/aromatic N) is 2. The molecule has 0 spiro atoms. The minimum atomic E-state index is 0.769. The van der Waals surface area contributed by atoms with Gasteiger partial charge in [-0.1, -0.05) is 12.1 Å². The van der Waals surface area contributed by atoms with E-state index in [1.807, 2.05) is 24.3 Å². The number of hydrogen-bond donors (Lipinski definition) is 1. The standard InChI is InChI=1S/C12H15N3/c1-14-6-8-15(9-7-14)12-5-3-2-4-11(12)10-13/h2-5,14H,1,6-9H2. The van der Waals surface area contributed by atoms with E-state index in [0.29, 0.717) is 0 Å². The highest BCUT2D eigenvalue weighted by Crippen LogP contribution is 2.18. The van der Waals surface area contributed by atoms with E-state index in [9.17, 15) is 0 Å². The van der Waals surface area contributed by atoms with Crippen LogP contribution >= 0.6 is 0 Å². The number of rotatable bonds is 1. The molecule has 15 heavy (non-hydrogen) atoms. The Labute approximate surface area is 90.5 Å². The molecule has 3 nitrogen and oxygen atoms in total. The number of benzene rings is 1. The lowest BCUT2D eigenvalue weighted by molar-refractivity contribution is -0.854. The number of para-hydroxylation sites is 1. The number of nitrogens with one attached hydrogen (secondary N) is 1. The van der Waals surface area contributed by atoms with Crippen LogP contribution in [-0.4, -0.2) is 26.2 Å². The maximum Gasteiger partial charge on any atom is 0.101 e. The second-order valence-corrected chi connectivity index (χ2v) is 3.87. The van der Waals surface area contributed by atoms with Crippen LogP contribution in [0.2, 0.25) is 0 Å². The first-order valence-corrected chi connectivity index (χ1v) is 5.22. The highest BCUT2D eigenvalue weighted by molar-refractivity contribution is 5.59. The van der Waals surface area contributed by atoms with Crippen LogP contribution < -0.4 is 9.80 Å². The number of nitriles is 1. The van der Waals surface area contributed by atoms with Gasteiger partial charge in [-0.2, -0.15) is 12.3 Å². The first-order chi connectivity index (χ1) is 7.31. The van der Waals surface area contributed by atoms with Gasteiger partial charge < -0.3 is 9.80 Å². The fourth-order valence-electron chi connectivity index (χ4n) is 1.91. The van der Waals surface area contributed by atoms with Crippen LogP contribution in [0, 0.1) is 18.4 Å². The molecule has 1 fully saturated rings. The molecule has 1 aromatic rings. The van der Waals surface area contributed by atoms with Crippen molar-refractivity contribution in [1.82, 2.24) is 0 Å². The molecule has 0 aromatic heterocycles. The van der Waals surface area contributed by atoms with Gasteiger partial charge in [-0.25, -0.2) is 0 Å². The first-order valence-electron chi connectivity index (χ1n) is 5.22. The monoisotopic (exact) mass is 201 g/mol. The van der Waals surface area contributed by atoms with Crippen LogP contribution in [0.1, 0.15) is 5.56 Å². The topological polar surface area (TPSA) is 31.5 Å². The Morgan fingerprint density at radius 2 is 1.93 bits per heavy atom. The molecule has 0 atom stereocenters. The highest BCUT2D eigenvalue weighted by Gasteiger charge is 2.16. The molecule has 78 valence electrons. The third-order valence-corrected chi connectivity index (χ3v) is 2.84. The van der Waals surface area contributed by atoms with Crippen LogP contribution in [0.4, 0.5) is 5.69 Å². The summed E-state index contributed by atoms with van der Waals surface area (Å²) in [7, 11) is 3.99. The molecule has 2 rings (SSSR count). The van der Waals surface area contributed by atoms with Crippen molar-refractivity contribution in [1.29, 1.82) is 5.26 Å². The summed E-state index contributed by atoms with van der Waals surface area (Å²) in [5, 5.41) is 9.01. The van der Waals surface area contributed by atoms with Gasteiger partial charge >= 0.3 is 0 Å². The minimum Gasteiger partial charge on any atom is -0.465 e. The van der Waals surface area contributed by atoms with E-state index in [4.69, 9.17) is 5.26 Å². The average Bonchev–Trinajstić information content (AvgIpc) is 2.30. The Morgan fingerprint density at radius 1 is 1.27 bits per heavy atom. The Hall–Kier alpha value is -1.53. The van der Waals surface area contributed by atoms with Gasteiger partial charge in [-0.05, 0) is 12.1 Å². The molecular formula is C12H15N3. The van der Waals surface area contributed by atoms with Gasteiger partial charge in [0, 0.05) is 0 Å². The van der Waals surface area contributed by atoms with Crippen LogP contribution in [0.25, 0.3) is 0 Å². The quantitative estimate of drug-likeness (QED) is 0.651. The fourth-order valence-corrected chi connectivity index (χ4v) is 1.91. The van der Waals surface area contributed by atoms with Crippen LogP contribution in [-0.2, 0) is 0 Å². The molecule has 1 aliphatic heterocycles. The molecule has 1 aromatic carbocycles. The summed E-state index contributed by atoms with van der Waals surface area (Å²) in [5.74, 6) is 0. The molecular weight excluding hydrogens is 186 g/mol. The average molecular weight is 201 g/mol. The van der Waals surface area contributed by atoms with Crippen molar-refractivity contribution in [2.45, 2.75) is 0 Å². The summed E-state index contributed by atoms with van der Waals surface area (Å²) >= 11 is 0. The van der Waals surface area contributed by atoms with Crippen molar-refractivity contribution in [2.75, 3.05) is 31.1 Å². The molecule has 0 unspecified atom stereocenters. The zero-order valence-electron chi connectivity index (χ0n) is 8.74. The van der Waals surface area contributed by atoms with E-state index >= 15 is 0 Å². The zero-order valence-corrected chi connectivity index (χ0v) is 8.74. The highest BCUT2D eigenvalue weighted by atomic mass is 15.2. The normalized spacial score (nSPS) is 17.5. The summed E-state index contributed by atoms with van der Waals surface area (Å²) in [5.41, 5.74) is 1.83. The molecule has 3 heteroatoms. The van der Waals surface area contributed by atoms with E-state index < -0.39 is 0 Å². The van der Waals surface area contributed by atoms with E-state index in [2.05, 4.69) is 18.0 Å². The fraction of sp³-hybridized carbons (Fsp3) is 0.333. The second-order valence-electron chi connectivity index (χ2n) is 3.87.